The molecule has 0 aliphatic heterocycles. The molecule has 0 amide bonds. The summed E-state index contributed by atoms with van der Waals surface area (Å²) in [5, 5.41) is 3.42. The van der Waals surface area contributed by atoms with E-state index in [0.717, 1.165) is 35.9 Å². The van der Waals surface area contributed by atoms with Crippen molar-refractivity contribution in [2.24, 2.45) is 7.05 Å². The van der Waals surface area contributed by atoms with E-state index in [0.29, 0.717) is 0 Å². The Hall–Kier alpha value is -1.26. The van der Waals surface area contributed by atoms with Gasteiger partial charge in [0.1, 0.15) is 5.82 Å². The lowest BCUT2D eigenvalue weighted by Crippen LogP contribution is -2.19. The molecule has 1 heterocycles. The number of thioether (sulfide) groups is 1. The molecule has 4 heteroatoms. The average Bonchev–Trinajstić information content (AvgIpc) is 2.71. The van der Waals surface area contributed by atoms with Crippen molar-refractivity contribution in [3.05, 3.63) is 42.7 Å². The predicted octanol–water partition coefficient (Wildman–Crippen LogP) is 2.58. The standard InChI is InChI=1S/C14H19N3S/c1-3-9-18-10-8-15-11-14-16-12-6-4-5-7-13(12)17(14)2/h3-7,15H,1,8-11H2,2H3. The summed E-state index contributed by atoms with van der Waals surface area (Å²) >= 11 is 1.89. The molecule has 3 nitrogen and oxygen atoms in total. The monoisotopic (exact) mass is 261 g/mol. The molecule has 0 bridgehead atoms. The summed E-state index contributed by atoms with van der Waals surface area (Å²) in [6, 6.07) is 8.23. The van der Waals surface area contributed by atoms with E-state index in [-0.39, 0.29) is 0 Å². The molecule has 0 aliphatic carbocycles. The Labute approximate surface area is 112 Å². The fourth-order valence-electron chi connectivity index (χ4n) is 1.86. The Morgan fingerprint density at radius 2 is 2.28 bits per heavy atom. The maximum atomic E-state index is 4.62. The number of fused-ring (bicyclic) bond motifs is 1. The van der Waals surface area contributed by atoms with Crippen LogP contribution in [0.4, 0.5) is 0 Å². The number of hydrogen-bond donors (Lipinski definition) is 1. The zero-order chi connectivity index (χ0) is 12.8. The second kappa shape index (κ2) is 6.61. The van der Waals surface area contributed by atoms with Crippen molar-refractivity contribution in [3.63, 3.8) is 0 Å². The Morgan fingerprint density at radius 1 is 1.44 bits per heavy atom. The molecule has 0 atom stereocenters. The van der Waals surface area contributed by atoms with Gasteiger partial charge in [0.05, 0.1) is 17.6 Å². The molecule has 18 heavy (non-hydrogen) atoms. The Bertz CT molecular complexity index is 519. The van der Waals surface area contributed by atoms with Crippen LogP contribution in [0.25, 0.3) is 11.0 Å². The first kappa shape index (κ1) is 13.2. The molecule has 2 aromatic rings. The van der Waals surface area contributed by atoms with Crippen LogP contribution in [0, 0.1) is 0 Å². The second-order valence-corrected chi connectivity index (χ2v) is 5.27. The third-order valence-electron chi connectivity index (χ3n) is 2.82. The lowest BCUT2D eigenvalue weighted by molar-refractivity contribution is 0.670. The topological polar surface area (TPSA) is 29.9 Å². The summed E-state index contributed by atoms with van der Waals surface area (Å²) in [6.45, 7) is 5.53. The van der Waals surface area contributed by atoms with Gasteiger partial charge in [0.25, 0.3) is 0 Å². The van der Waals surface area contributed by atoms with Gasteiger partial charge in [-0.2, -0.15) is 11.8 Å². The number of para-hydroxylation sites is 2. The molecule has 0 saturated carbocycles. The van der Waals surface area contributed by atoms with E-state index in [1.165, 1.54) is 5.52 Å². The average molecular weight is 261 g/mol. The number of imidazole rings is 1. The maximum absolute atomic E-state index is 4.62. The molecule has 2 rings (SSSR count). The van der Waals surface area contributed by atoms with Gasteiger partial charge >= 0.3 is 0 Å². The van der Waals surface area contributed by atoms with Gasteiger partial charge in [0.2, 0.25) is 0 Å². The zero-order valence-electron chi connectivity index (χ0n) is 10.7. The predicted molar refractivity (Wildman–Crippen MR) is 79.9 cm³/mol. The molecular formula is C14H19N3S. The van der Waals surface area contributed by atoms with Gasteiger partial charge in [-0.1, -0.05) is 18.2 Å². The van der Waals surface area contributed by atoms with Crippen LogP contribution >= 0.6 is 11.8 Å². The Balaban J connectivity index is 1.88. The van der Waals surface area contributed by atoms with E-state index in [9.17, 15) is 0 Å². The number of rotatable bonds is 7. The molecule has 0 spiro atoms. The number of hydrogen-bond acceptors (Lipinski definition) is 3. The van der Waals surface area contributed by atoms with E-state index < -0.39 is 0 Å². The number of aromatic nitrogens is 2. The highest BCUT2D eigenvalue weighted by Gasteiger charge is 2.05. The molecule has 0 fully saturated rings. The normalized spacial score (nSPS) is 10.9. The van der Waals surface area contributed by atoms with E-state index in [2.05, 4.69) is 40.6 Å². The van der Waals surface area contributed by atoms with Crippen LogP contribution in [-0.4, -0.2) is 27.6 Å². The van der Waals surface area contributed by atoms with Gasteiger partial charge in [0, 0.05) is 25.1 Å². The molecule has 1 aromatic carbocycles. The van der Waals surface area contributed by atoms with Crippen LogP contribution < -0.4 is 5.32 Å². The van der Waals surface area contributed by atoms with E-state index in [1.807, 2.05) is 30.0 Å². The molecule has 0 aliphatic rings. The largest absolute Gasteiger partial charge is 0.330 e. The summed E-state index contributed by atoms with van der Waals surface area (Å²) in [5.41, 5.74) is 2.26. The first-order valence-electron chi connectivity index (χ1n) is 6.12. The van der Waals surface area contributed by atoms with Crippen LogP contribution in [0.15, 0.2) is 36.9 Å². The lowest BCUT2D eigenvalue weighted by Gasteiger charge is -2.04. The Kier molecular flexibility index (Phi) is 4.84. The first-order valence-corrected chi connectivity index (χ1v) is 7.28. The summed E-state index contributed by atoms with van der Waals surface area (Å²) in [5.74, 6) is 3.22. The molecule has 0 unspecified atom stereocenters. The SMILES string of the molecule is C=CCSCCNCc1nc2ccccc2n1C. The van der Waals surface area contributed by atoms with Crippen LogP contribution in [0.2, 0.25) is 0 Å². The van der Waals surface area contributed by atoms with Gasteiger partial charge < -0.3 is 9.88 Å². The van der Waals surface area contributed by atoms with Crippen molar-refractivity contribution in [1.82, 2.24) is 14.9 Å². The van der Waals surface area contributed by atoms with E-state index in [4.69, 9.17) is 0 Å². The third-order valence-corrected chi connectivity index (χ3v) is 3.79. The van der Waals surface area contributed by atoms with Crippen molar-refractivity contribution in [3.8, 4) is 0 Å². The van der Waals surface area contributed by atoms with Gasteiger partial charge in [-0.3, -0.25) is 0 Å². The smallest absolute Gasteiger partial charge is 0.123 e. The molecule has 1 aromatic heterocycles. The third kappa shape index (κ3) is 3.15. The van der Waals surface area contributed by atoms with Gasteiger partial charge in [-0.05, 0) is 12.1 Å². The van der Waals surface area contributed by atoms with Crippen LogP contribution in [0.5, 0.6) is 0 Å². The molecule has 96 valence electrons. The quantitative estimate of drug-likeness (QED) is 0.614. The van der Waals surface area contributed by atoms with Gasteiger partial charge in [-0.15, -0.1) is 6.58 Å². The Morgan fingerprint density at radius 3 is 3.06 bits per heavy atom. The minimum Gasteiger partial charge on any atom is -0.330 e. The van der Waals surface area contributed by atoms with E-state index in [1.54, 1.807) is 0 Å². The van der Waals surface area contributed by atoms with Crippen LogP contribution in [0.3, 0.4) is 0 Å². The molecule has 0 radical (unpaired) electrons. The maximum Gasteiger partial charge on any atom is 0.123 e. The zero-order valence-corrected chi connectivity index (χ0v) is 11.5. The summed E-state index contributed by atoms with van der Waals surface area (Å²) in [4.78, 5) is 4.62. The number of benzene rings is 1. The minimum atomic E-state index is 0.819. The summed E-state index contributed by atoms with van der Waals surface area (Å²) < 4.78 is 2.15. The second-order valence-electron chi connectivity index (χ2n) is 4.12. The molecule has 0 saturated heterocycles. The number of nitrogens with zero attached hydrogens (tertiary/aromatic N) is 2. The first-order chi connectivity index (χ1) is 8.83. The van der Waals surface area contributed by atoms with Gasteiger partial charge in [-0.25, -0.2) is 4.98 Å². The highest BCUT2D eigenvalue weighted by molar-refractivity contribution is 7.99. The lowest BCUT2D eigenvalue weighted by atomic mass is 10.3. The minimum absolute atomic E-state index is 0.819. The summed E-state index contributed by atoms with van der Waals surface area (Å²) in [6.07, 6.45) is 1.94. The van der Waals surface area contributed by atoms with Crippen LogP contribution in [0.1, 0.15) is 5.82 Å². The number of nitrogens with one attached hydrogen (secondary N) is 1. The summed E-state index contributed by atoms with van der Waals surface area (Å²) in [7, 11) is 2.07. The fourth-order valence-corrected chi connectivity index (χ4v) is 2.49. The van der Waals surface area contributed by atoms with Crippen molar-refractivity contribution in [2.45, 2.75) is 6.54 Å². The van der Waals surface area contributed by atoms with Crippen molar-refractivity contribution in [2.75, 3.05) is 18.1 Å². The molecule has 1 N–H and O–H groups in total. The van der Waals surface area contributed by atoms with E-state index >= 15 is 0 Å². The fraction of sp³-hybridized carbons (Fsp3) is 0.357. The van der Waals surface area contributed by atoms with Crippen molar-refractivity contribution >= 4 is 22.8 Å². The van der Waals surface area contributed by atoms with Crippen molar-refractivity contribution < 1.29 is 0 Å². The highest BCUT2D eigenvalue weighted by Crippen LogP contribution is 2.13. The number of aryl methyl sites for hydroxylation is 1. The van der Waals surface area contributed by atoms with Gasteiger partial charge in [0.15, 0.2) is 0 Å². The van der Waals surface area contributed by atoms with Crippen LogP contribution in [-0.2, 0) is 13.6 Å². The molecular weight excluding hydrogens is 242 g/mol. The van der Waals surface area contributed by atoms with Crippen molar-refractivity contribution in [1.29, 1.82) is 0 Å². The highest BCUT2D eigenvalue weighted by atomic mass is 32.2.